The summed E-state index contributed by atoms with van der Waals surface area (Å²) in [5, 5.41) is 0. The minimum Gasteiger partial charge on any atom is -0.319 e. The Morgan fingerprint density at radius 2 is 1.60 bits per heavy atom. The Bertz CT molecular complexity index is 344. The molecule has 2 N–H and O–H groups in total. The molecule has 0 saturated heterocycles. The van der Waals surface area contributed by atoms with Crippen LogP contribution in [0.5, 0.6) is 0 Å². The third-order valence-electron chi connectivity index (χ3n) is 1.65. The highest BCUT2D eigenvalue weighted by atomic mass is 35.5. The van der Waals surface area contributed by atoms with Gasteiger partial charge in [0, 0.05) is 11.6 Å². The van der Waals surface area contributed by atoms with Crippen LogP contribution >= 0.6 is 12.4 Å². The van der Waals surface area contributed by atoms with Crippen molar-refractivity contribution in [1.29, 1.82) is 0 Å². The Kier molecular flexibility index (Phi) is 4.96. The van der Waals surface area contributed by atoms with Gasteiger partial charge in [-0.05, 0) is 6.07 Å². The zero-order chi connectivity index (χ0) is 10.9. The smallest absolute Gasteiger partial charge is 0.257 e. The van der Waals surface area contributed by atoms with E-state index in [1.54, 1.807) is 0 Å². The molecule has 1 atom stereocenters. The van der Waals surface area contributed by atoms with Crippen LogP contribution in [0.25, 0.3) is 0 Å². The second-order valence-electron chi connectivity index (χ2n) is 2.65. The van der Waals surface area contributed by atoms with Crippen molar-refractivity contribution >= 4 is 12.4 Å². The van der Waals surface area contributed by atoms with Gasteiger partial charge in [0.2, 0.25) is 0 Å². The predicted molar refractivity (Wildman–Crippen MR) is 46.5 cm³/mol. The van der Waals surface area contributed by atoms with Crippen LogP contribution in [0.15, 0.2) is 12.1 Å². The van der Waals surface area contributed by atoms with Crippen molar-refractivity contribution in [2.75, 3.05) is 0 Å². The summed E-state index contributed by atoms with van der Waals surface area (Å²) in [6, 6.07) is -1.31. The van der Waals surface area contributed by atoms with E-state index < -0.39 is 35.5 Å². The Balaban J connectivity index is 0.00000196. The van der Waals surface area contributed by atoms with Crippen LogP contribution in [0.1, 0.15) is 11.6 Å². The van der Waals surface area contributed by atoms with Gasteiger partial charge in [0.15, 0.2) is 11.6 Å². The fraction of sp³-hybridized carbons (Fsp3) is 0.250. The van der Waals surface area contributed by atoms with E-state index in [0.717, 1.165) is 0 Å². The molecule has 0 radical (unpaired) electrons. The van der Waals surface area contributed by atoms with E-state index in [0.29, 0.717) is 6.07 Å². The van der Waals surface area contributed by atoms with E-state index in [1.807, 2.05) is 0 Å². The molecule has 0 aliphatic carbocycles. The summed E-state index contributed by atoms with van der Waals surface area (Å²) in [5.74, 6) is -4.22. The van der Waals surface area contributed by atoms with Crippen LogP contribution < -0.4 is 5.73 Å². The second-order valence-corrected chi connectivity index (χ2v) is 2.65. The van der Waals surface area contributed by atoms with E-state index >= 15 is 0 Å². The highest BCUT2D eigenvalue weighted by Crippen LogP contribution is 2.23. The van der Waals surface area contributed by atoms with Crippen LogP contribution in [-0.2, 0) is 0 Å². The van der Waals surface area contributed by atoms with Crippen LogP contribution in [0.3, 0.4) is 0 Å². The molecule has 1 aromatic carbocycles. The zero-order valence-corrected chi connectivity index (χ0v) is 8.00. The highest BCUT2D eigenvalue weighted by molar-refractivity contribution is 5.85. The average molecular weight is 248 g/mol. The summed E-state index contributed by atoms with van der Waals surface area (Å²) in [4.78, 5) is 0. The lowest BCUT2D eigenvalue weighted by Gasteiger charge is -2.11. The number of nitrogens with two attached hydrogens (primary N) is 1. The molecule has 15 heavy (non-hydrogen) atoms. The summed E-state index contributed by atoms with van der Waals surface area (Å²) < 4.78 is 62.0. The first-order chi connectivity index (χ1) is 6.43. The average Bonchev–Trinajstić information content (AvgIpc) is 2.09. The molecule has 0 aliphatic heterocycles. The maximum Gasteiger partial charge on any atom is 0.257 e. The maximum atomic E-state index is 12.8. The summed E-state index contributed by atoms with van der Waals surface area (Å²) in [7, 11) is 0. The second kappa shape index (κ2) is 5.27. The van der Waals surface area contributed by atoms with Gasteiger partial charge in [-0.15, -0.1) is 12.4 Å². The van der Waals surface area contributed by atoms with Crippen LogP contribution in [-0.4, -0.2) is 6.43 Å². The van der Waals surface area contributed by atoms with Crippen molar-refractivity contribution in [2.45, 2.75) is 12.5 Å². The highest BCUT2D eigenvalue weighted by Gasteiger charge is 2.23. The number of hydrogen-bond acceptors (Lipinski definition) is 1. The Morgan fingerprint density at radius 3 is 2.07 bits per heavy atom. The van der Waals surface area contributed by atoms with E-state index in [4.69, 9.17) is 5.73 Å². The first kappa shape index (κ1) is 14.1. The van der Waals surface area contributed by atoms with Gasteiger partial charge in [-0.25, -0.2) is 22.0 Å². The third kappa shape index (κ3) is 3.04. The Labute approximate surface area is 88.5 Å². The summed E-state index contributed by atoms with van der Waals surface area (Å²) >= 11 is 0. The summed E-state index contributed by atoms with van der Waals surface area (Å²) in [6.45, 7) is 0. The number of rotatable bonds is 2. The Hall–Kier alpha value is -0.880. The SMILES string of the molecule is Cl.N[C@@H](c1cc(F)cc(F)c1F)C(F)F. The summed E-state index contributed by atoms with van der Waals surface area (Å²) in [5.41, 5.74) is 3.99. The molecule has 0 saturated carbocycles. The van der Waals surface area contributed by atoms with Crippen LogP contribution in [0, 0.1) is 17.5 Å². The minimum absolute atomic E-state index is 0. The molecule has 1 rings (SSSR count). The molecule has 0 unspecified atom stereocenters. The minimum atomic E-state index is -3.08. The van der Waals surface area contributed by atoms with Gasteiger partial charge in [-0.3, -0.25) is 0 Å². The molecular formula is C8H7ClF5N. The summed E-state index contributed by atoms with van der Waals surface area (Å²) in [6.07, 6.45) is -3.08. The van der Waals surface area contributed by atoms with Gasteiger partial charge in [0.05, 0.1) is 6.04 Å². The van der Waals surface area contributed by atoms with E-state index in [9.17, 15) is 22.0 Å². The van der Waals surface area contributed by atoms with Crippen molar-refractivity contribution in [3.05, 3.63) is 35.1 Å². The molecule has 0 bridgehead atoms. The quantitative estimate of drug-likeness (QED) is 0.631. The molecule has 86 valence electrons. The van der Waals surface area contributed by atoms with Gasteiger partial charge in [0.1, 0.15) is 5.82 Å². The predicted octanol–water partition coefficient (Wildman–Crippen LogP) is 2.79. The number of hydrogen-bond donors (Lipinski definition) is 1. The van der Waals surface area contributed by atoms with E-state index in [2.05, 4.69) is 0 Å². The molecule has 0 spiro atoms. The lowest BCUT2D eigenvalue weighted by atomic mass is 10.1. The number of alkyl halides is 2. The standard InChI is InChI=1S/C8H6F5N.ClH/c9-3-1-4(7(14)8(12)13)6(11)5(10)2-3;/h1-2,7-8H,14H2;1H/t7-;/m0./s1. The van der Waals surface area contributed by atoms with Gasteiger partial charge >= 0.3 is 0 Å². The van der Waals surface area contributed by atoms with Gasteiger partial charge in [-0.1, -0.05) is 0 Å². The molecule has 7 heteroatoms. The topological polar surface area (TPSA) is 26.0 Å². The Morgan fingerprint density at radius 1 is 1.07 bits per heavy atom. The lowest BCUT2D eigenvalue weighted by molar-refractivity contribution is 0.114. The number of benzene rings is 1. The van der Waals surface area contributed by atoms with Gasteiger partial charge in [0.25, 0.3) is 6.43 Å². The molecule has 1 aromatic rings. The molecular weight excluding hydrogens is 241 g/mol. The third-order valence-corrected chi connectivity index (χ3v) is 1.65. The van der Waals surface area contributed by atoms with Crippen molar-refractivity contribution in [2.24, 2.45) is 5.73 Å². The largest absolute Gasteiger partial charge is 0.319 e. The van der Waals surface area contributed by atoms with E-state index in [-0.39, 0.29) is 18.5 Å². The molecule has 0 amide bonds. The monoisotopic (exact) mass is 247 g/mol. The molecule has 0 fully saturated rings. The lowest BCUT2D eigenvalue weighted by Crippen LogP contribution is -2.21. The normalized spacial score (nSPS) is 12.5. The van der Waals surface area contributed by atoms with Crippen LogP contribution in [0.4, 0.5) is 22.0 Å². The van der Waals surface area contributed by atoms with Crippen LogP contribution in [0.2, 0.25) is 0 Å². The van der Waals surface area contributed by atoms with Gasteiger partial charge in [-0.2, -0.15) is 0 Å². The van der Waals surface area contributed by atoms with Crippen molar-refractivity contribution in [3.63, 3.8) is 0 Å². The molecule has 0 aliphatic rings. The van der Waals surface area contributed by atoms with Crippen molar-refractivity contribution in [1.82, 2.24) is 0 Å². The fourth-order valence-electron chi connectivity index (χ4n) is 0.954. The molecule has 0 aromatic heterocycles. The molecule has 1 nitrogen and oxygen atoms in total. The van der Waals surface area contributed by atoms with E-state index in [1.165, 1.54) is 0 Å². The molecule has 0 heterocycles. The zero-order valence-electron chi connectivity index (χ0n) is 7.18. The fourth-order valence-corrected chi connectivity index (χ4v) is 0.954. The first-order valence-corrected chi connectivity index (χ1v) is 3.61. The maximum absolute atomic E-state index is 12.8. The van der Waals surface area contributed by atoms with Gasteiger partial charge < -0.3 is 5.73 Å². The van der Waals surface area contributed by atoms with Crippen molar-refractivity contribution in [3.8, 4) is 0 Å². The first-order valence-electron chi connectivity index (χ1n) is 3.61. The van der Waals surface area contributed by atoms with Crippen molar-refractivity contribution < 1.29 is 22.0 Å². The number of halogens is 6.